The highest BCUT2D eigenvalue weighted by atomic mass is 19.1. The summed E-state index contributed by atoms with van der Waals surface area (Å²) in [5.74, 6) is -2.26. The summed E-state index contributed by atoms with van der Waals surface area (Å²) in [6.45, 7) is 0. The molecule has 1 spiro atoms. The lowest BCUT2D eigenvalue weighted by Gasteiger charge is -2.37. The SMILES string of the molecule is COc1cccc(C(=O)[C@H]2[C@H](c3ccccc3F)C3(C(=O)c4ccccc4C3=O)[C@@H]3C=Cc4ccccc4N32)c1. The van der Waals surface area contributed by atoms with Crippen LogP contribution in [-0.4, -0.2) is 36.5 Å². The average Bonchev–Trinajstić information content (AvgIpc) is 3.43. The molecular weight excluding hydrogens is 505 g/mol. The smallest absolute Gasteiger partial charge is 0.186 e. The molecule has 5 nitrogen and oxygen atoms in total. The van der Waals surface area contributed by atoms with Crippen molar-refractivity contribution in [3.8, 4) is 5.75 Å². The number of nitrogens with zero attached hydrogens (tertiary/aromatic N) is 1. The molecule has 4 aromatic carbocycles. The first-order valence-electron chi connectivity index (χ1n) is 13.2. The first kappa shape index (κ1) is 24.2. The Labute approximate surface area is 230 Å². The lowest BCUT2D eigenvalue weighted by Crippen LogP contribution is -2.48. The van der Waals surface area contributed by atoms with Crippen molar-refractivity contribution in [3.05, 3.63) is 137 Å². The second-order valence-corrected chi connectivity index (χ2v) is 10.4. The highest BCUT2D eigenvalue weighted by Gasteiger charge is 2.71. The third kappa shape index (κ3) is 3.10. The zero-order valence-electron chi connectivity index (χ0n) is 21.6. The van der Waals surface area contributed by atoms with Crippen LogP contribution >= 0.6 is 0 Å². The molecule has 1 fully saturated rings. The second-order valence-electron chi connectivity index (χ2n) is 10.4. The van der Waals surface area contributed by atoms with Crippen LogP contribution in [0.3, 0.4) is 0 Å². The lowest BCUT2D eigenvalue weighted by atomic mass is 9.64. The molecule has 0 N–H and O–H groups in total. The van der Waals surface area contributed by atoms with Gasteiger partial charge in [0.05, 0.1) is 13.2 Å². The molecule has 4 aromatic rings. The van der Waals surface area contributed by atoms with Crippen LogP contribution < -0.4 is 9.64 Å². The van der Waals surface area contributed by atoms with Gasteiger partial charge < -0.3 is 9.64 Å². The predicted octanol–water partition coefficient (Wildman–Crippen LogP) is 6.15. The van der Waals surface area contributed by atoms with E-state index in [1.165, 1.54) is 13.2 Å². The summed E-state index contributed by atoms with van der Waals surface area (Å²) in [7, 11) is 1.52. The van der Waals surface area contributed by atoms with E-state index in [-0.39, 0.29) is 22.9 Å². The highest BCUT2D eigenvalue weighted by Crippen LogP contribution is 2.61. The minimum absolute atomic E-state index is 0.165. The molecule has 3 aliphatic rings. The van der Waals surface area contributed by atoms with Gasteiger partial charge in [-0.25, -0.2) is 4.39 Å². The molecule has 1 aliphatic carbocycles. The van der Waals surface area contributed by atoms with Crippen molar-refractivity contribution >= 4 is 29.1 Å². The van der Waals surface area contributed by atoms with Crippen molar-refractivity contribution < 1.29 is 23.5 Å². The summed E-state index contributed by atoms with van der Waals surface area (Å²) >= 11 is 0. The van der Waals surface area contributed by atoms with E-state index in [4.69, 9.17) is 4.74 Å². The van der Waals surface area contributed by atoms with E-state index in [0.717, 1.165) is 5.56 Å². The summed E-state index contributed by atoms with van der Waals surface area (Å²) in [5.41, 5.74) is 0.941. The Morgan fingerprint density at radius 3 is 2.25 bits per heavy atom. The van der Waals surface area contributed by atoms with Crippen molar-refractivity contribution in [2.24, 2.45) is 5.41 Å². The summed E-state index contributed by atoms with van der Waals surface area (Å²) in [5, 5.41) is 0. The first-order valence-corrected chi connectivity index (χ1v) is 13.2. The third-order valence-electron chi connectivity index (χ3n) is 8.58. The van der Waals surface area contributed by atoms with Crippen LogP contribution in [0, 0.1) is 11.2 Å². The van der Waals surface area contributed by atoms with E-state index in [1.54, 1.807) is 66.7 Å². The van der Waals surface area contributed by atoms with Crippen LogP contribution in [0.2, 0.25) is 0 Å². The summed E-state index contributed by atoms with van der Waals surface area (Å²) in [6.07, 6.45) is 3.72. The molecule has 7 rings (SSSR count). The fraction of sp³-hybridized carbons (Fsp3) is 0.147. The molecule has 0 saturated carbocycles. The number of hydrogen-bond acceptors (Lipinski definition) is 5. The molecule has 6 heteroatoms. The summed E-state index contributed by atoms with van der Waals surface area (Å²) in [6, 6.07) is 25.4. The third-order valence-corrected chi connectivity index (χ3v) is 8.58. The van der Waals surface area contributed by atoms with Gasteiger partial charge in [0.25, 0.3) is 0 Å². The average molecular weight is 530 g/mol. The van der Waals surface area contributed by atoms with E-state index >= 15 is 4.39 Å². The van der Waals surface area contributed by atoms with Crippen molar-refractivity contribution in [1.82, 2.24) is 0 Å². The normalized spacial score (nSPS) is 21.8. The molecule has 0 unspecified atom stereocenters. The van der Waals surface area contributed by atoms with E-state index in [1.807, 2.05) is 41.3 Å². The Morgan fingerprint density at radius 1 is 0.850 bits per heavy atom. The highest BCUT2D eigenvalue weighted by molar-refractivity contribution is 6.32. The first-order chi connectivity index (χ1) is 19.5. The molecule has 0 amide bonds. The minimum Gasteiger partial charge on any atom is -0.497 e. The van der Waals surface area contributed by atoms with E-state index in [0.29, 0.717) is 28.1 Å². The number of benzene rings is 4. The van der Waals surface area contributed by atoms with Crippen molar-refractivity contribution in [1.29, 1.82) is 0 Å². The monoisotopic (exact) mass is 529 g/mol. The molecule has 0 radical (unpaired) electrons. The van der Waals surface area contributed by atoms with E-state index in [9.17, 15) is 14.4 Å². The second kappa shape index (κ2) is 8.85. The number of hydrogen-bond donors (Lipinski definition) is 0. The fourth-order valence-corrected chi connectivity index (χ4v) is 6.94. The number of methoxy groups -OCH3 is 1. The largest absolute Gasteiger partial charge is 0.497 e. The summed E-state index contributed by atoms with van der Waals surface area (Å²) < 4.78 is 21.2. The molecule has 196 valence electrons. The lowest BCUT2D eigenvalue weighted by molar-refractivity contribution is 0.0664. The van der Waals surface area contributed by atoms with Gasteiger partial charge in [-0.15, -0.1) is 0 Å². The molecule has 1 saturated heterocycles. The zero-order valence-corrected chi connectivity index (χ0v) is 21.6. The van der Waals surface area contributed by atoms with E-state index < -0.39 is 29.2 Å². The number of halogens is 1. The number of anilines is 1. The number of ketones is 3. The van der Waals surface area contributed by atoms with Crippen LogP contribution in [0.25, 0.3) is 6.08 Å². The Hall–Kier alpha value is -4.84. The van der Waals surface area contributed by atoms with Crippen LogP contribution in [0.1, 0.15) is 48.1 Å². The molecular formula is C34H24FNO4. The van der Waals surface area contributed by atoms with Crippen LogP contribution in [0.15, 0.2) is 103 Å². The van der Waals surface area contributed by atoms with Gasteiger partial charge >= 0.3 is 0 Å². The minimum atomic E-state index is -1.74. The topological polar surface area (TPSA) is 63.7 Å². The molecule has 0 bridgehead atoms. The number of Topliss-reactive ketones (excluding diaryl/α,β-unsaturated/α-hetero) is 3. The van der Waals surface area contributed by atoms with Crippen molar-refractivity contribution in [2.75, 3.05) is 12.0 Å². The maximum atomic E-state index is 15.8. The van der Waals surface area contributed by atoms with Gasteiger partial charge in [0.15, 0.2) is 17.3 Å². The van der Waals surface area contributed by atoms with Crippen molar-refractivity contribution in [2.45, 2.75) is 18.0 Å². The predicted molar refractivity (Wildman–Crippen MR) is 150 cm³/mol. The maximum Gasteiger partial charge on any atom is 0.186 e. The van der Waals surface area contributed by atoms with Gasteiger partial charge in [0.1, 0.15) is 23.0 Å². The molecule has 0 aromatic heterocycles. The van der Waals surface area contributed by atoms with Gasteiger partial charge in [-0.3, -0.25) is 14.4 Å². The molecule has 2 aliphatic heterocycles. The number of carbonyl (C=O) groups is 3. The number of fused-ring (bicyclic) bond motifs is 5. The Morgan fingerprint density at radius 2 is 1.52 bits per heavy atom. The number of para-hydroxylation sites is 1. The van der Waals surface area contributed by atoms with Crippen molar-refractivity contribution in [3.63, 3.8) is 0 Å². The van der Waals surface area contributed by atoms with Crippen LogP contribution in [0.4, 0.5) is 10.1 Å². The summed E-state index contributed by atoms with van der Waals surface area (Å²) in [4.78, 5) is 45.6. The van der Waals surface area contributed by atoms with Gasteiger partial charge in [-0.2, -0.15) is 0 Å². The van der Waals surface area contributed by atoms with Gasteiger partial charge in [0, 0.05) is 28.3 Å². The number of rotatable bonds is 4. The quantitative estimate of drug-likeness (QED) is 0.234. The van der Waals surface area contributed by atoms with Gasteiger partial charge in [0.2, 0.25) is 0 Å². The number of ether oxygens (including phenoxy) is 1. The fourth-order valence-electron chi connectivity index (χ4n) is 6.94. The molecule has 3 atom stereocenters. The van der Waals surface area contributed by atoms with Gasteiger partial charge in [-0.1, -0.05) is 84.9 Å². The standard InChI is InChI=1S/C34H24FNO4/c1-40-22-11-8-10-21(19-22)31(37)30-29(25-14-5-6-15-26(25)35)34(32(38)23-12-3-4-13-24(23)33(34)39)28-18-17-20-9-2-7-16-27(20)36(28)30/h2-19,28-30H,1H3/t28-,29-,30+/m0/s1. The zero-order chi connectivity index (χ0) is 27.6. The Kier molecular flexibility index (Phi) is 5.36. The number of carbonyl (C=O) groups excluding carboxylic acids is 3. The van der Waals surface area contributed by atoms with Crippen LogP contribution in [0.5, 0.6) is 5.75 Å². The Balaban J connectivity index is 1.56. The van der Waals surface area contributed by atoms with Crippen LogP contribution in [-0.2, 0) is 0 Å². The van der Waals surface area contributed by atoms with E-state index in [2.05, 4.69) is 0 Å². The van der Waals surface area contributed by atoms with Gasteiger partial charge in [-0.05, 0) is 35.4 Å². The Bertz CT molecular complexity index is 1720. The maximum absolute atomic E-state index is 15.8. The molecule has 2 heterocycles. The molecule has 40 heavy (non-hydrogen) atoms.